The summed E-state index contributed by atoms with van der Waals surface area (Å²) in [5.41, 5.74) is 2.85. The molecule has 1 aromatic heterocycles. The third-order valence-corrected chi connectivity index (χ3v) is 6.52. The monoisotopic (exact) mass is 445 g/mol. The van der Waals surface area contributed by atoms with Crippen molar-refractivity contribution in [2.45, 2.75) is 18.4 Å². The Balaban J connectivity index is 1.78. The normalized spacial score (nSPS) is 11.9. The van der Waals surface area contributed by atoms with E-state index in [0.717, 1.165) is 5.56 Å². The molecule has 0 radical (unpaired) electrons. The number of halogens is 2. The molecule has 3 N–H and O–H groups in total. The zero-order chi connectivity index (χ0) is 21.6. The Bertz CT molecular complexity index is 1440. The lowest BCUT2D eigenvalue weighted by Gasteiger charge is -2.11. The first-order chi connectivity index (χ1) is 14.1. The van der Waals surface area contributed by atoms with Gasteiger partial charge in [-0.2, -0.15) is 0 Å². The molecular formula is C21H17ClFN3O3S. The number of hydrogen-bond donors (Lipinski definition) is 2. The Morgan fingerprint density at radius 1 is 1.10 bits per heavy atom. The molecule has 0 saturated heterocycles. The highest BCUT2D eigenvalue weighted by atomic mass is 35.5. The van der Waals surface area contributed by atoms with E-state index in [-0.39, 0.29) is 21.3 Å². The molecule has 3 aromatic carbocycles. The summed E-state index contributed by atoms with van der Waals surface area (Å²) in [5.74, 6) is -0.324. The predicted molar refractivity (Wildman–Crippen MR) is 115 cm³/mol. The van der Waals surface area contributed by atoms with Gasteiger partial charge in [0.05, 0.1) is 27.4 Å². The van der Waals surface area contributed by atoms with Gasteiger partial charge in [0.1, 0.15) is 5.82 Å². The van der Waals surface area contributed by atoms with Crippen molar-refractivity contribution in [2.75, 3.05) is 0 Å². The van der Waals surface area contributed by atoms with Crippen molar-refractivity contribution < 1.29 is 12.8 Å². The molecule has 9 heteroatoms. The first kappa shape index (κ1) is 20.3. The van der Waals surface area contributed by atoms with Crippen molar-refractivity contribution in [3.63, 3.8) is 0 Å². The molecular weight excluding hydrogens is 429 g/mol. The number of rotatable bonds is 4. The van der Waals surface area contributed by atoms with Crippen molar-refractivity contribution in [3.05, 3.63) is 86.9 Å². The van der Waals surface area contributed by atoms with E-state index in [1.54, 1.807) is 48.0 Å². The largest absolute Gasteiger partial charge is 0.280 e. The number of nitrogens with one attached hydrogen (secondary N) is 1. The number of benzene rings is 3. The number of aromatic nitrogens is 2. The third-order valence-electron chi connectivity index (χ3n) is 4.98. The third kappa shape index (κ3) is 3.65. The average Bonchev–Trinajstić information content (AvgIpc) is 3.00. The molecule has 0 aliphatic heterocycles. The number of H-pyrrole nitrogens is 1. The van der Waals surface area contributed by atoms with Crippen molar-refractivity contribution >= 4 is 32.5 Å². The Morgan fingerprint density at radius 2 is 1.80 bits per heavy atom. The van der Waals surface area contributed by atoms with E-state index in [9.17, 15) is 17.6 Å². The lowest BCUT2D eigenvalue weighted by atomic mass is 10.0. The summed E-state index contributed by atoms with van der Waals surface area (Å²) in [7, 11) is -3.89. The van der Waals surface area contributed by atoms with Crippen LogP contribution >= 0.6 is 11.6 Å². The van der Waals surface area contributed by atoms with Gasteiger partial charge in [0.25, 0.3) is 5.56 Å². The molecule has 0 bridgehead atoms. The van der Waals surface area contributed by atoms with Gasteiger partial charge in [-0.25, -0.2) is 17.9 Å². The zero-order valence-corrected chi connectivity index (χ0v) is 17.4. The smallest absolute Gasteiger partial charge is 0.272 e. The summed E-state index contributed by atoms with van der Waals surface area (Å²) in [6.07, 6.45) is 0. The lowest BCUT2D eigenvalue weighted by molar-refractivity contribution is 0.597. The summed E-state index contributed by atoms with van der Waals surface area (Å²) in [4.78, 5) is 12.5. The number of primary sulfonamides is 1. The van der Waals surface area contributed by atoms with Gasteiger partial charge in [-0.1, -0.05) is 35.9 Å². The van der Waals surface area contributed by atoms with E-state index in [1.807, 2.05) is 0 Å². The van der Waals surface area contributed by atoms with Crippen LogP contribution in [-0.2, 0) is 16.6 Å². The van der Waals surface area contributed by atoms with Crippen molar-refractivity contribution in [3.8, 4) is 11.1 Å². The molecule has 1 heterocycles. The molecule has 6 nitrogen and oxygen atoms in total. The second kappa shape index (κ2) is 7.39. The molecule has 0 atom stereocenters. The maximum Gasteiger partial charge on any atom is 0.272 e. The molecule has 0 unspecified atom stereocenters. The molecule has 4 rings (SSSR count). The fraction of sp³-hybridized carbons (Fsp3) is 0.0952. The van der Waals surface area contributed by atoms with Crippen LogP contribution in [0.3, 0.4) is 0 Å². The zero-order valence-electron chi connectivity index (χ0n) is 15.8. The van der Waals surface area contributed by atoms with Gasteiger partial charge < -0.3 is 0 Å². The van der Waals surface area contributed by atoms with E-state index in [2.05, 4.69) is 5.10 Å². The van der Waals surface area contributed by atoms with Crippen LogP contribution in [0.2, 0.25) is 5.02 Å². The van der Waals surface area contributed by atoms with Gasteiger partial charge in [0, 0.05) is 5.56 Å². The quantitative estimate of drug-likeness (QED) is 0.500. The molecule has 0 aliphatic rings. The average molecular weight is 446 g/mol. The topological polar surface area (TPSA) is 98.0 Å². The second-order valence-corrected chi connectivity index (χ2v) is 8.89. The maximum atomic E-state index is 13.1. The van der Waals surface area contributed by atoms with E-state index in [0.29, 0.717) is 34.1 Å². The highest BCUT2D eigenvalue weighted by molar-refractivity contribution is 7.89. The highest BCUT2D eigenvalue weighted by Crippen LogP contribution is 2.34. The molecule has 0 aliphatic carbocycles. The van der Waals surface area contributed by atoms with Crippen LogP contribution in [0.15, 0.2) is 64.3 Å². The van der Waals surface area contributed by atoms with E-state index >= 15 is 0 Å². The predicted octanol–water partition coefficient (Wildman–Crippen LogP) is 3.79. The lowest BCUT2D eigenvalue weighted by Crippen LogP contribution is -2.13. The Hall–Kier alpha value is -2.94. The summed E-state index contributed by atoms with van der Waals surface area (Å²) in [6, 6.07) is 14.3. The van der Waals surface area contributed by atoms with E-state index in [1.165, 1.54) is 18.2 Å². The van der Waals surface area contributed by atoms with E-state index < -0.39 is 10.0 Å². The molecule has 30 heavy (non-hydrogen) atoms. The fourth-order valence-electron chi connectivity index (χ4n) is 3.46. The van der Waals surface area contributed by atoms with Crippen molar-refractivity contribution in [1.82, 2.24) is 9.78 Å². The van der Waals surface area contributed by atoms with Crippen LogP contribution in [0.4, 0.5) is 4.39 Å². The van der Waals surface area contributed by atoms with Gasteiger partial charge in [-0.05, 0) is 53.9 Å². The fourth-order valence-corrected chi connectivity index (χ4v) is 4.58. The number of nitrogens with zero attached hydrogens (tertiary/aromatic N) is 1. The van der Waals surface area contributed by atoms with Crippen LogP contribution in [0.1, 0.15) is 11.1 Å². The standard InChI is InChI=1S/C21H17ClFN3O3S/c1-12-19(30(24,28)29)9-7-16(20(12)22)14-4-8-18-17(10-14)21(27)25-26(18)11-13-2-5-15(23)6-3-13/h2-10H,11H2,1H3,(H,25,27)(H2,24,28,29). The summed E-state index contributed by atoms with van der Waals surface area (Å²) < 4.78 is 38.2. The minimum Gasteiger partial charge on any atom is -0.280 e. The number of fused-ring (bicyclic) bond motifs is 1. The van der Waals surface area contributed by atoms with Crippen molar-refractivity contribution in [1.29, 1.82) is 0 Å². The number of aromatic amines is 1. The molecule has 0 fully saturated rings. The van der Waals surface area contributed by atoms with Crippen LogP contribution in [0, 0.1) is 12.7 Å². The van der Waals surface area contributed by atoms with E-state index in [4.69, 9.17) is 16.7 Å². The van der Waals surface area contributed by atoms with Crippen LogP contribution < -0.4 is 10.7 Å². The minimum atomic E-state index is -3.89. The molecule has 0 spiro atoms. The Labute approximate surface area is 176 Å². The second-order valence-electron chi connectivity index (χ2n) is 6.98. The van der Waals surface area contributed by atoms with Crippen LogP contribution in [0.25, 0.3) is 22.0 Å². The van der Waals surface area contributed by atoms with Gasteiger partial charge in [-0.3, -0.25) is 14.6 Å². The van der Waals surface area contributed by atoms with Gasteiger partial charge >= 0.3 is 0 Å². The van der Waals surface area contributed by atoms with Gasteiger partial charge in [0.2, 0.25) is 10.0 Å². The van der Waals surface area contributed by atoms with Crippen molar-refractivity contribution in [2.24, 2.45) is 5.14 Å². The number of hydrogen-bond acceptors (Lipinski definition) is 3. The highest BCUT2D eigenvalue weighted by Gasteiger charge is 2.18. The number of sulfonamides is 1. The van der Waals surface area contributed by atoms with Gasteiger partial charge in [-0.15, -0.1) is 0 Å². The summed E-state index contributed by atoms with van der Waals surface area (Å²) >= 11 is 6.41. The molecule has 4 aromatic rings. The summed E-state index contributed by atoms with van der Waals surface area (Å²) in [5, 5.41) is 8.73. The van der Waals surface area contributed by atoms with Crippen LogP contribution in [0.5, 0.6) is 0 Å². The first-order valence-corrected chi connectivity index (χ1v) is 10.9. The number of nitrogens with two attached hydrogens (primary N) is 1. The maximum absolute atomic E-state index is 13.1. The minimum absolute atomic E-state index is 0.0411. The SMILES string of the molecule is Cc1c(S(N)(=O)=O)ccc(-c2ccc3c(c2)c(=O)[nH]n3Cc2ccc(F)cc2)c1Cl. The molecule has 0 saturated carbocycles. The Kier molecular flexibility index (Phi) is 5.01. The molecule has 154 valence electrons. The molecule has 0 amide bonds. The Morgan fingerprint density at radius 3 is 2.47 bits per heavy atom. The van der Waals surface area contributed by atoms with Crippen LogP contribution in [-0.4, -0.2) is 18.2 Å². The first-order valence-electron chi connectivity index (χ1n) is 8.94. The van der Waals surface area contributed by atoms with Gasteiger partial charge in [0.15, 0.2) is 0 Å². The summed E-state index contributed by atoms with van der Waals surface area (Å²) in [6.45, 7) is 1.96.